The third-order valence-electron chi connectivity index (χ3n) is 3.01. The summed E-state index contributed by atoms with van der Waals surface area (Å²) in [5, 5.41) is 12.5. The minimum Gasteiger partial charge on any atom is -0.399 e. The molecule has 3 aromatic rings. The molecule has 3 rings (SSSR count). The van der Waals surface area contributed by atoms with Gasteiger partial charge in [-0.1, -0.05) is 18.2 Å². The second-order valence-corrected chi connectivity index (χ2v) is 5.92. The maximum atomic E-state index is 9.26. The summed E-state index contributed by atoms with van der Waals surface area (Å²) in [7, 11) is 0. The minimum atomic E-state index is 0.611. The zero-order chi connectivity index (χ0) is 13.4. The highest BCUT2D eigenvalue weighted by molar-refractivity contribution is 9.10. The quantitative estimate of drug-likeness (QED) is 0.653. The highest BCUT2D eigenvalue weighted by atomic mass is 79.9. The third kappa shape index (κ3) is 2.01. The number of fused-ring (bicyclic) bond motifs is 1. The second-order valence-electron chi connectivity index (χ2n) is 4.18. The van der Waals surface area contributed by atoms with Gasteiger partial charge in [-0.25, -0.2) is 0 Å². The van der Waals surface area contributed by atoms with Crippen molar-refractivity contribution < 1.29 is 0 Å². The fourth-order valence-corrected chi connectivity index (χ4v) is 3.74. The molecule has 0 bridgehead atoms. The number of nitriles is 1. The summed E-state index contributed by atoms with van der Waals surface area (Å²) in [6, 6.07) is 13.8. The first-order chi connectivity index (χ1) is 9.20. The van der Waals surface area contributed by atoms with Crippen LogP contribution in [-0.4, -0.2) is 0 Å². The molecule has 0 aliphatic carbocycles. The molecule has 19 heavy (non-hydrogen) atoms. The number of nitrogen functional groups attached to an aromatic ring is 1. The van der Waals surface area contributed by atoms with Gasteiger partial charge >= 0.3 is 0 Å². The zero-order valence-electron chi connectivity index (χ0n) is 9.85. The number of halogens is 1. The van der Waals surface area contributed by atoms with Gasteiger partial charge < -0.3 is 5.73 Å². The van der Waals surface area contributed by atoms with E-state index in [1.807, 2.05) is 24.3 Å². The Morgan fingerprint density at radius 3 is 2.79 bits per heavy atom. The van der Waals surface area contributed by atoms with Crippen LogP contribution in [0.3, 0.4) is 0 Å². The molecule has 2 N–H and O–H groups in total. The van der Waals surface area contributed by atoms with Crippen molar-refractivity contribution >= 4 is 43.0 Å². The fraction of sp³-hybridized carbons (Fsp3) is 0. The van der Waals surface area contributed by atoms with Gasteiger partial charge in [-0.3, -0.25) is 0 Å². The Morgan fingerprint density at radius 1 is 1.16 bits per heavy atom. The smallest absolute Gasteiger partial charge is 0.0998 e. The van der Waals surface area contributed by atoms with E-state index in [9.17, 15) is 5.26 Å². The lowest BCUT2D eigenvalue weighted by Crippen LogP contribution is -1.88. The SMILES string of the molecule is N#Cc1cc(N)ccc1-c1csc2c(Br)cccc12. The van der Waals surface area contributed by atoms with Crippen molar-refractivity contribution in [3.05, 3.63) is 51.8 Å². The molecule has 2 aromatic carbocycles. The van der Waals surface area contributed by atoms with Crippen molar-refractivity contribution in [1.29, 1.82) is 5.26 Å². The summed E-state index contributed by atoms with van der Waals surface area (Å²) < 4.78 is 2.27. The van der Waals surface area contributed by atoms with Crippen LogP contribution >= 0.6 is 27.3 Å². The van der Waals surface area contributed by atoms with Crippen molar-refractivity contribution in [3.8, 4) is 17.2 Å². The number of hydrogen-bond acceptors (Lipinski definition) is 3. The maximum Gasteiger partial charge on any atom is 0.0998 e. The summed E-state index contributed by atoms with van der Waals surface area (Å²) in [5.41, 5.74) is 8.97. The largest absolute Gasteiger partial charge is 0.399 e. The van der Waals surface area contributed by atoms with Crippen LogP contribution in [0.25, 0.3) is 21.2 Å². The van der Waals surface area contributed by atoms with Crippen LogP contribution in [0.4, 0.5) is 5.69 Å². The number of anilines is 1. The van der Waals surface area contributed by atoms with Crippen LogP contribution in [-0.2, 0) is 0 Å². The van der Waals surface area contributed by atoms with Gasteiger partial charge in [0.25, 0.3) is 0 Å². The van der Waals surface area contributed by atoms with Gasteiger partial charge in [0.1, 0.15) is 0 Å². The first-order valence-electron chi connectivity index (χ1n) is 5.66. The Kier molecular flexibility index (Phi) is 3.02. The van der Waals surface area contributed by atoms with Crippen molar-refractivity contribution in [2.24, 2.45) is 0 Å². The van der Waals surface area contributed by atoms with Gasteiger partial charge in [0.2, 0.25) is 0 Å². The normalized spacial score (nSPS) is 10.5. The molecule has 4 heteroatoms. The summed E-state index contributed by atoms with van der Waals surface area (Å²) in [6.45, 7) is 0. The fourth-order valence-electron chi connectivity index (χ4n) is 2.12. The molecule has 0 unspecified atom stereocenters. The highest BCUT2D eigenvalue weighted by Gasteiger charge is 2.12. The van der Waals surface area contributed by atoms with E-state index < -0.39 is 0 Å². The molecule has 0 fully saturated rings. The number of benzene rings is 2. The first-order valence-corrected chi connectivity index (χ1v) is 7.33. The standard InChI is InChI=1S/C15H9BrN2S/c16-14-3-1-2-12-13(8-19-15(12)14)11-5-4-10(18)6-9(11)7-17/h1-6,8H,18H2. The van der Waals surface area contributed by atoms with E-state index in [0.29, 0.717) is 11.3 Å². The van der Waals surface area contributed by atoms with Crippen molar-refractivity contribution in [2.75, 3.05) is 5.73 Å². The van der Waals surface area contributed by atoms with Crippen molar-refractivity contribution in [2.45, 2.75) is 0 Å². The van der Waals surface area contributed by atoms with Crippen LogP contribution in [0.5, 0.6) is 0 Å². The van der Waals surface area contributed by atoms with E-state index in [1.165, 1.54) is 4.70 Å². The van der Waals surface area contributed by atoms with Gasteiger partial charge in [0, 0.05) is 31.4 Å². The molecule has 1 aromatic heterocycles. The Balaban J connectivity index is 2.32. The Hall–Kier alpha value is -1.83. The molecule has 0 saturated carbocycles. The molecule has 92 valence electrons. The summed E-state index contributed by atoms with van der Waals surface area (Å²) >= 11 is 5.23. The zero-order valence-corrected chi connectivity index (χ0v) is 12.3. The Labute approximate surface area is 123 Å². The molecular formula is C15H9BrN2S. The van der Waals surface area contributed by atoms with Gasteiger partial charge in [0.05, 0.1) is 11.6 Å². The molecule has 0 spiro atoms. The average molecular weight is 329 g/mol. The first kappa shape index (κ1) is 12.2. The van der Waals surface area contributed by atoms with Crippen LogP contribution in [0.2, 0.25) is 0 Å². The molecule has 0 aliphatic heterocycles. The average Bonchev–Trinajstić information content (AvgIpc) is 2.84. The van der Waals surface area contributed by atoms with E-state index >= 15 is 0 Å². The molecule has 0 atom stereocenters. The van der Waals surface area contributed by atoms with E-state index in [-0.39, 0.29) is 0 Å². The summed E-state index contributed by atoms with van der Waals surface area (Å²) in [4.78, 5) is 0. The lowest BCUT2D eigenvalue weighted by molar-refractivity contribution is 1.48. The van der Waals surface area contributed by atoms with Crippen LogP contribution in [0.1, 0.15) is 5.56 Å². The van der Waals surface area contributed by atoms with Gasteiger partial charge in [0.15, 0.2) is 0 Å². The van der Waals surface area contributed by atoms with E-state index in [2.05, 4.69) is 33.4 Å². The third-order valence-corrected chi connectivity index (χ3v) is 4.96. The molecule has 2 nitrogen and oxygen atoms in total. The Bertz CT molecular complexity index is 815. The molecule has 0 saturated heterocycles. The number of thiophene rings is 1. The summed E-state index contributed by atoms with van der Waals surface area (Å²) in [6.07, 6.45) is 0. The topological polar surface area (TPSA) is 49.8 Å². The molecule has 1 heterocycles. The van der Waals surface area contributed by atoms with E-state index in [1.54, 1.807) is 17.4 Å². The predicted octanol–water partition coefficient (Wildman–Crippen LogP) is 4.78. The number of hydrogen-bond donors (Lipinski definition) is 1. The van der Waals surface area contributed by atoms with Crippen molar-refractivity contribution in [3.63, 3.8) is 0 Å². The highest BCUT2D eigenvalue weighted by Crippen LogP contribution is 2.39. The monoisotopic (exact) mass is 328 g/mol. The summed E-state index contributed by atoms with van der Waals surface area (Å²) in [5.74, 6) is 0. The number of nitrogens with zero attached hydrogens (tertiary/aromatic N) is 1. The minimum absolute atomic E-state index is 0.611. The maximum absolute atomic E-state index is 9.26. The molecule has 0 amide bonds. The van der Waals surface area contributed by atoms with Gasteiger partial charge in [-0.15, -0.1) is 11.3 Å². The molecule has 0 radical (unpaired) electrons. The number of rotatable bonds is 1. The van der Waals surface area contributed by atoms with Crippen LogP contribution in [0, 0.1) is 11.3 Å². The molecular weight excluding hydrogens is 320 g/mol. The molecule has 0 aliphatic rings. The van der Waals surface area contributed by atoms with Crippen molar-refractivity contribution in [1.82, 2.24) is 0 Å². The Morgan fingerprint density at radius 2 is 2.00 bits per heavy atom. The lowest BCUT2D eigenvalue weighted by atomic mass is 9.99. The second kappa shape index (κ2) is 4.69. The van der Waals surface area contributed by atoms with Crippen LogP contribution < -0.4 is 5.73 Å². The van der Waals surface area contributed by atoms with E-state index in [4.69, 9.17) is 5.73 Å². The predicted molar refractivity (Wildman–Crippen MR) is 84.1 cm³/mol. The number of nitrogens with two attached hydrogens (primary N) is 1. The van der Waals surface area contributed by atoms with Gasteiger partial charge in [-0.2, -0.15) is 5.26 Å². The van der Waals surface area contributed by atoms with Gasteiger partial charge in [-0.05, 0) is 39.5 Å². The van der Waals surface area contributed by atoms with E-state index in [0.717, 1.165) is 21.0 Å². The van der Waals surface area contributed by atoms with Crippen LogP contribution in [0.15, 0.2) is 46.3 Å². The lowest BCUT2D eigenvalue weighted by Gasteiger charge is -2.04.